The van der Waals surface area contributed by atoms with Crippen LogP contribution >= 0.6 is 11.8 Å². The van der Waals surface area contributed by atoms with Crippen molar-refractivity contribution in [2.24, 2.45) is 4.99 Å². The van der Waals surface area contributed by atoms with Gasteiger partial charge in [0.2, 0.25) is 5.91 Å². The lowest BCUT2D eigenvalue weighted by Crippen LogP contribution is -2.41. The van der Waals surface area contributed by atoms with E-state index in [1.54, 1.807) is 6.07 Å². The molecule has 1 N–H and O–H groups in total. The first kappa shape index (κ1) is 13.5. The van der Waals surface area contributed by atoms with Crippen LogP contribution in [0, 0.1) is 5.82 Å². The minimum Gasteiger partial charge on any atom is -0.480 e. The summed E-state index contributed by atoms with van der Waals surface area (Å²) in [6.45, 7) is 0. The Hall–Kier alpha value is -1.89. The predicted octanol–water partition coefficient (Wildman–Crippen LogP) is 1.86. The number of carboxylic acid groups (broad SMARTS) is 1. The minimum atomic E-state index is -1.06. The Balaban J connectivity index is 2.30. The monoisotopic (exact) mass is 282 g/mol. The van der Waals surface area contributed by atoms with Crippen LogP contribution in [0.3, 0.4) is 0 Å². The number of nitrogens with zero attached hydrogens (tertiary/aromatic N) is 2. The molecule has 0 aliphatic carbocycles. The Morgan fingerprint density at radius 2 is 2.32 bits per heavy atom. The van der Waals surface area contributed by atoms with E-state index in [1.807, 2.05) is 0 Å². The largest absolute Gasteiger partial charge is 0.480 e. The summed E-state index contributed by atoms with van der Waals surface area (Å²) in [4.78, 5) is 28.0. The number of thioether (sulfide) groups is 1. The highest BCUT2D eigenvalue weighted by Gasteiger charge is 2.33. The highest BCUT2D eigenvalue weighted by Crippen LogP contribution is 2.28. The van der Waals surface area contributed by atoms with Gasteiger partial charge in [0.25, 0.3) is 0 Å². The van der Waals surface area contributed by atoms with Crippen LogP contribution in [0.2, 0.25) is 0 Å². The average Bonchev–Trinajstić information content (AvgIpc) is 2.34. The van der Waals surface area contributed by atoms with Gasteiger partial charge >= 0.3 is 5.97 Å². The molecule has 0 aromatic heterocycles. The second kappa shape index (κ2) is 5.40. The maximum atomic E-state index is 13.0. The van der Waals surface area contributed by atoms with Crippen molar-refractivity contribution in [3.8, 4) is 0 Å². The molecule has 1 fully saturated rings. The zero-order valence-electron chi connectivity index (χ0n) is 10.0. The van der Waals surface area contributed by atoms with Crippen LogP contribution in [-0.2, 0) is 9.59 Å². The van der Waals surface area contributed by atoms with Crippen LogP contribution in [0.1, 0.15) is 6.42 Å². The lowest BCUT2D eigenvalue weighted by atomic mass is 10.3. The standard InChI is InChI=1S/C12H11FN2O3S/c1-15-10(16)6-9(11(17)18)19-12(15)14-8-4-2-3-7(13)5-8/h2-5,9H,6H2,1H3,(H,17,18)/t9-/m1/s1. The van der Waals surface area contributed by atoms with Crippen molar-refractivity contribution in [3.05, 3.63) is 30.1 Å². The molecule has 0 bridgehead atoms. The van der Waals surface area contributed by atoms with Gasteiger partial charge in [-0.05, 0) is 18.2 Å². The van der Waals surface area contributed by atoms with Crippen LogP contribution in [0.4, 0.5) is 10.1 Å². The van der Waals surface area contributed by atoms with Gasteiger partial charge < -0.3 is 5.11 Å². The van der Waals surface area contributed by atoms with Gasteiger partial charge in [-0.15, -0.1) is 0 Å². The maximum Gasteiger partial charge on any atom is 0.317 e. The molecule has 5 nitrogen and oxygen atoms in total. The van der Waals surface area contributed by atoms with Gasteiger partial charge in [-0.25, -0.2) is 9.38 Å². The number of hydrogen-bond acceptors (Lipinski definition) is 4. The Kier molecular flexibility index (Phi) is 3.84. The lowest BCUT2D eigenvalue weighted by molar-refractivity contribution is -0.139. The Labute approximate surface area is 113 Å². The van der Waals surface area contributed by atoms with E-state index in [9.17, 15) is 14.0 Å². The number of aliphatic carboxylic acids is 1. The quantitative estimate of drug-likeness (QED) is 0.899. The van der Waals surface area contributed by atoms with Crippen molar-refractivity contribution >= 4 is 34.5 Å². The fourth-order valence-electron chi connectivity index (χ4n) is 1.55. The van der Waals surface area contributed by atoms with Crippen molar-refractivity contribution in [1.29, 1.82) is 0 Å². The van der Waals surface area contributed by atoms with E-state index in [0.717, 1.165) is 11.8 Å². The molecule has 2 rings (SSSR count). The van der Waals surface area contributed by atoms with Crippen molar-refractivity contribution in [2.75, 3.05) is 7.05 Å². The van der Waals surface area contributed by atoms with Crippen molar-refractivity contribution < 1.29 is 19.1 Å². The van der Waals surface area contributed by atoms with E-state index in [0.29, 0.717) is 5.69 Å². The van der Waals surface area contributed by atoms with Crippen LogP contribution in [0.25, 0.3) is 0 Å². The number of carboxylic acids is 1. The molecule has 0 radical (unpaired) electrons. The molecule has 19 heavy (non-hydrogen) atoms. The zero-order chi connectivity index (χ0) is 14.0. The number of benzene rings is 1. The molecule has 1 aromatic rings. The third kappa shape index (κ3) is 3.11. The summed E-state index contributed by atoms with van der Waals surface area (Å²) in [7, 11) is 1.52. The summed E-state index contributed by atoms with van der Waals surface area (Å²) >= 11 is 0.985. The maximum absolute atomic E-state index is 13.0. The molecule has 1 heterocycles. The van der Waals surface area contributed by atoms with Crippen LogP contribution < -0.4 is 0 Å². The van der Waals surface area contributed by atoms with Gasteiger partial charge in [-0.1, -0.05) is 17.8 Å². The first-order valence-electron chi connectivity index (χ1n) is 5.47. The van der Waals surface area contributed by atoms with Gasteiger partial charge in [0, 0.05) is 7.05 Å². The van der Waals surface area contributed by atoms with Gasteiger partial charge in [0.1, 0.15) is 11.1 Å². The van der Waals surface area contributed by atoms with Crippen molar-refractivity contribution in [1.82, 2.24) is 4.90 Å². The smallest absolute Gasteiger partial charge is 0.317 e. The number of halogens is 1. The Morgan fingerprint density at radius 3 is 2.95 bits per heavy atom. The van der Waals surface area contributed by atoms with Gasteiger partial charge in [0.15, 0.2) is 5.17 Å². The van der Waals surface area contributed by atoms with E-state index in [1.165, 1.54) is 30.1 Å². The summed E-state index contributed by atoms with van der Waals surface area (Å²) in [6.07, 6.45) is -0.0708. The molecule has 7 heteroatoms. The van der Waals surface area contributed by atoms with E-state index >= 15 is 0 Å². The molecule has 0 unspecified atom stereocenters. The summed E-state index contributed by atoms with van der Waals surface area (Å²) in [5.74, 6) is -1.81. The first-order chi connectivity index (χ1) is 8.97. The SMILES string of the molecule is CN1C(=O)C[C@H](C(=O)O)SC1=Nc1cccc(F)c1. The van der Waals surface area contributed by atoms with Gasteiger partial charge in [0.05, 0.1) is 12.1 Å². The van der Waals surface area contributed by atoms with Crippen molar-refractivity contribution in [2.45, 2.75) is 11.7 Å². The molecule has 1 atom stereocenters. The fraction of sp³-hybridized carbons (Fsp3) is 0.250. The van der Waals surface area contributed by atoms with Gasteiger partial charge in [-0.3, -0.25) is 14.5 Å². The number of carbonyl (C=O) groups excluding carboxylic acids is 1. The van der Waals surface area contributed by atoms with E-state index in [2.05, 4.69) is 4.99 Å². The lowest BCUT2D eigenvalue weighted by Gasteiger charge is -2.27. The predicted molar refractivity (Wildman–Crippen MR) is 69.9 cm³/mol. The fourth-order valence-corrected chi connectivity index (χ4v) is 2.54. The molecule has 0 spiro atoms. The Bertz CT molecular complexity index is 562. The van der Waals surface area contributed by atoms with Crippen LogP contribution in [-0.4, -0.2) is 39.3 Å². The zero-order valence-corrected chi connectivity index (χ0v) is 10.9. The van der Waals surface area contributed by atoms with Crippen LogP contribution in [0.5, 0.6) is 0 Å². The normalized spacial score (nSPS) is 21.8. The second-order valence-electron chi connectivity index (χ2n) is 3.98. The molecule has 1 amide bonds. The molecule has 1 aliphatic rings. The number of amidine groups is 1. The number of rotatable bonds is 2. The molecule has 0 saturated carbocycles. The molecular weight excluding hydrogens is 271 g/mol. The summed E-state index contributed by atoms with van der Waals surface area (Å²) in [5.41, 5.74) is 0.341. The van der Waals surface area contributed by atoms with E-state index in [-0.39, 0.29) is 17.5 Å². The molecule has 100 valence electrons. The number of hydrogen-bond donors (Lipinski definition) is 1. The number of carbonyl (C=O) groups is 2. The molecule has 1 aromatic carbocycles. The molecular formula is C12H11FN2O3S. The third-order valence-electron chi connectivity index (χ3n) is 2.58. The Morgan fingerprint density at radius 1 is 1.58 bits per heavy atom. The summed E-state index contributed by atoms with van der Waals surface area (Å²) in [6, 6.07) is 5.58. The van der Waals surface area contributed by atoms with Gasteiger partial charge in [-0.2, -0.15) is 0 Å². The van der Waals surface area contributed by atoms with Crippen molar-refractivity contribution in [3.63, 3.8) is 0 Å². The minimum absolute atomic E-state index is 0.0708. The van der Waals surface area contributed by atoms with Crippen LogP contribution in [0.15, 0.2) is 29.3 Å². The average molecular weight is 282 g/mol. The summed E-state index contributed by atoms with van der Waals surface area (Å²) < 4.78 is 13.0. The first-order valence-corrected chi connectivity index (χ1v) is 6.35. The molecule has 1 aliphatic heterocycles. The number of aliphatic imine (C=N–C) groups is 1. The van der Waals surface area contributed by atoms with E-state index in [4.69, 9.17) is 5.11 Å². The highest BCUT2D eigenvalue weighted by atomic mass is 32.2. The second-order valence-corrected chi connectivity index (χ2v) is 5.15. The number of amides is 1. The summed E-state index contributed by atoms with van der Waals surface area (Å²) in [5, 5.41) is 8.37. The topological polar surface area (TPSA) is 70.0 Å². The highest BCUT2D eigenvalue weighted by molar-refractivity contribution is 8.15. The molecule has 1 saturated heterocycles. The van der Waals surface area contributed by atoms with E-state index < -0.39 is 17.0 Å². The third-order valence-corrected chi connectivity index (χ3v) is 3.81.